The van der Waals surface area contributed by atoms with E-state index in [0.29, 0.717) is 25.4 Å². The zero-order valence-corrected chi connectivity index (χ0v) is 12.8. The maximum atomic E-state index is 13.0. The van der Waals surface area contributed by atoms with Crippen molar-refractivity contribution in [3.63, 3.8) is 0 Å². The molecule has 0 saturated carbocycles. The predicted octanol–water partition coefficient (Wildman–Crippen LogP) is 1.57. The highest BCUT2D eigenvalue weighted by molar-refractivity contribution is 6.00. The molecule has 23 heavy (non-hydrogen) atoms. The molecule has 3 saturated heterocycles. The van der Waals surface area contributed by atoms with Crippen molar-refractivity contribution in [3.05, 3.63) is 30.1 Å². The minimum Gasteiger partial charge on any atom is -0.377 e. The molecule has 0 N–H and O–H groups in total. The first kappa shape index (κ1) is 14.6. The van der Waals surface area contributed by atoms with E-state index in [2.05, 4.69) is 0 Å². The van der Waals surface area contributed by atoms with Gasteiger partial charge in [-0.2, -0.15) is 0 Å². The van der Waals surface area contributed by atoms with Gasteiger partial charge in [0.2, 0.25) is 11.8 Å². The van der Waals surface area contributed by atoms with Crippen LogP contribution >= 0.6 is 0 Å². The topological polar surface area (TPSA) is 49.9 Å². The van der Waals surface area contributed by atoms with Crippen LogP contribution in [0.25, 0.3) is 0 Å². The standard InChI is InChI=1S/C17H19FN2O3/c18-12-1-3-13(4-2-12)19-8-11(7-16(19)21)17(22)20-14-5-6-15(20)10-23-9-14/h1-4,11,14-15H,5-10H2/t11-,14+,15+/m0/s1. The summed E-state index contributed by atoms with van der Waals surface area (Å²) in [7, 11) is 0. The van der Waals surface area contributed by atoms with Gasteiger partial charge in [0, 0.05) is 18.7 Å². The molecule has 4 rings (SSSR count). The Bertz CT molecular complexity index is 617. The second kappa shape index (κ2) is 5.60. The van der Waals surface area contributed by atoms with Crippen LogP contribution in [0.4, 0.5) is 10.1 Å². The Morgan fingerprint density at radius 2 is 1.78 bits per heavy atom. The molecule has 0 aromatic heterocycles. The number of hydrogen-bond acceptors (Lipinski definition) is 3. The van der Waals surface area contributed by atoms with Crippen molar-refractivity contribution in [2.75, 3.05) is 24.7 Å². The van der Waals surface area contributed by atoms with E-state index < -0.39 is 0 Å². The molecule has 3 heterocycles. The number of nitrogens with zero attached hydrogens (tertiary/aromatic N) is 2. The van der Waals surface area contributed by atoms with E-state index in [4.69, 9.17) is 4.74 Å². The smallest absolute Gasteiger partial charge is 0.228 e. The molecule has 2 amide bonds. The van der Waals surface area contributed by atoms with Crippen molar-refractivity contribution in [2.45, 2.75) is 31.3 Å². The van der Waals surface area contributed by atoms with E-state index in [1.54, 1.807) is 17.0 Å². The molecule has 0 aliphatic carbocycles. The van der Waals surface area contributed by atoms with Crippen LogP contribution < -0.4 is 4.90 Å². The van der Waals surface area contributed by atoms with Crippen molar-refractivity contribution < 1.29 is 18.7 Å². The summed E-state index contributed by atoms with van der Waals surface area (Å²) >= 11 is 0. The number of carbonyl (C=O) groups is 2. The molecular formula is C17H19FN2O3. The predicted molar refractivity (Wildman–Crippen MR) is 81.3 cm³/mol. The van der Waals surface area contributed by atoms with Crippen LogP contribution in [-0.4, -0.2) is 48.6 Å². The van der Waals surface area contributed by atoms with Gasteiger partial charge in [-0.15, -0.1) is 0 Å². The lowest BCUT2D eigenvalue weighted by molar-refractivity contribution is -0.145. The number of rotatable bonds is 2. The Labute approximate surface area is 134 Å². The summed E-state index contributed by atoms with van der Waals surface area (Å²) in [5, 5.41) is 0. The molecule has 0 spiro atoms. The average Bonchev–Trinajstić information content (AvgIpc) is 3.05. The quantitative estimate of drug-likeness (QED) is 0.832. The number of benzene rings is 1. The highest BCUT2D eigenvalue weighted by Gasteiger charge is 2.45. The fraction of sp³-hybridized carbons (Fsp3) is 0.529. The highest BCUT2D eigenvalue weighted by atomic mass is 19.1. The van der Waals surface area contributed by atoms with Crippen LogP contribution in [0.5, 0.6) is 0 Å². The van der Waals surface area contributed by atoms with E-state index in [9.17, 15) is 14.0 Å². The van der Waals surface area contributed by atoms with Crippen LogP contribution in [0, 0.1) is 11.7 Å². The van der Waals surface area contributed by atoms with Gasteiger partial charge in [-0.25, -0.2) is 4.39 Å². The molecule has 1 aromatic rings. The Kier molecular flexibility index (Phi) is 3.56. The Morgan fingerprint density at radius 3 is 2.43 bits per heavy atom. The molecule has 6 heteroatoms. The lowest BCUT2D eigenvalue weighted by Crippen LogP contribution is -2.51. The normalized spacial score (nSPS) is 30.1. The Morgan fingerprint density at radius 1 is 1.13 bits per heavy atom. The summed E-state index contributed by atoms with van der Waals surface area (Å²) in [4.78, 5) is 28.7. The molecule has 2 bridgehead atoms. The van der Waals surface area contributed by atoms with Crippen LogP contribution in [0.3, 0.4) is 0 Å². The molecule has 1 aromatic carbocycles. The summed E-state index contributed by atoms with van der Waals surface area (Å²) in [5.74, 6) is -0.652. The Balaban J connectivity index is 1.50. The summed E-state index contributed by atoms with van der Waals surface area (Å²) in [5.41, 5.74) is 0.650. The second-order valence-electron chi connectivity index (χ2n) is 6.55. The highest BCUT2D eigenvalue weighted by Crippen LogP contribution is 2.33. The molecule has 3 aliphatic heterocycles. The van der Waals surface area contributed by atoms with Gasteiger partial charge in [-0.05, 0) is 37.1 Å². The van der Waals surface area contributed by atoms with Crippen molar-refractivity contribution in [2.24, 2.45) is 5.92 Å². The van der Waals surface area contributed by atoms with Crippen LogP contribution in [0.15, 0.2) is 24.3 Å². The molecule has 5 nitrogen and oxygen atoms in total. The maximum absolute atomic E-state index is 13.0. The minimum absolute atomic E-state index is 0.0683. The van der Waals surface area contributed by atoms with Gasteiger partial charge >= 0.3 is 0 Å². The third-order valence-electron chi connectivity index (χ3n) is 5.11. The largest absolute Gasteiger partial charge is 0.377 e. The van der Waals surface area contributed by atoms with Crippen molar-refractivity contribution in [1.82, 2.24) is 4.90 Å². The third kappa shape index (κ3) is 2.51. The van der Waals surface area contributed by atoms with Gasteiger partial charge in [-0.3, -0.25) is 9.59 Å². The lowest BCUT2D eigenvalue weighted by atomic mass is 10.1. The second-order valence-corrected chi connectivity index (χ2v) is 6.55. The number of morpholine rings is 1. The molecule has 0 radical (unpaired) electrons. The molecule has 3 fully saturated rings. The number of amides is 2. The number of halogens is 1. The molecule has 3 atom stereocenters. The summed E-state index contributed by atoms with van der Waals surface area (Å²) in [6.45, 7) is 1.58. The van der Waals surface area contributed by atoms with Gasteiger partial charge in [0.25, 0.3) is 0 Å². The van der Waals surface area contributed by atoms with Crippen molar-refractivity contribution in [1.29, 1.82) is 0 Å². The van der Waals surface area contributed by atoms with Gasteiger partial charge in [0.05, 0.1) is 31.2 Å². The summed E-state index contributed by atoms with van der Waals surface area (Å²) < 4.78 is 18.6. The fourth-order valence-corrected chi connectivity index (χ4v) is 3.94. The third-order valence-corrected chi connectivity index (χ3v) is 5.11. The molecule has 122 valence electrons. The lowest BCUT2D eigenvalue weighted by Gasteiger charge is -2.36. The van der Waals surface area contributed by atoms with E-state index >= 15 is 0 Å². The number of anilines is 1. The van der Waals surface area contributed by atoms with Crippen LogP contribution in [-0.2, 0) is 14.3 Å². The van der Waals surface area contributed by atoms with E-state index in [1.807, 2.05) is 4.90 Å². The van der Waals surface area contributed by atoms with Crippen molar-refractivity contribution in [3.8, 4) is 0 Å². The van der Waals surface area contributed by atoms with Crippen molar-refractivity contribution >= 4 is 17.5 Å². The van der Waals surface area contributed by atoms with E-state index in [-0.39, 0.29) is 42.1 Å². The number of fused-ring (bicyclic) bond motifs is 2. The van der Waals surface area contributed by atoms with E-state index in [0.717, 1.165) is 12.8 Å². The minimum atomic E-state index is -0.335. The van der Waals surface area contributed by atoms with Gasteiger partial charge in [-0.1, -0.05) is 0 Å². The number of hydrogen-bond donors (Lipinski definition) is 0. The van der Waals surface area contributed by atoms with E-state index in [1.165, 1.54) is 12.1 Å². The Hall–Kier alpha value is -1.95. The number of carbonyl (C=O) groups excluding carboxylic acids is 2. The zero-order chi connectivity index (χ0) is 16.0. The van der Waals surface area contributed by atoms with Gasteiger partial charge < -0.3 is 14.5 Å². The number of ether oxygens (including phenoxy) is 1. The molecular weight excluding hydrogens is 299 g/mol. The summed E-state index contributed by atoms with van der Waals surface area (Å²) in [6, 6.07) is 6.16. The monoisotopic (exact) mass is 318 g/mol. The zero-order valence-electron chi connectivity index (χ0n) is 12.8. The fourth-order valence-electron chi connectivity index (χ4n) is 3.94. The van der Waals surface area contributed by atoms with Crippen LogP contribution in [0.2, 0.25) is 0 Å². The SMILES string of the molecule is O=C1C[C@H](C(=O)N2[C@@H]3CC[C@@H]2COC3)CN1c1ccc(F)cc1. The molecule has 0 unspecified atom stereocenters. The average molecular weight is 318 g/mol. The first-order valence-corrected chi connectivity index (χ1v) is 8.09. The first-order chi connectivity index (χ1) is 11.1. The molecule has 3 aliphatic rings. The maximum Gasteiger partial charge on any atom is 0.228 e. The van der Waals surface area contributed by atoms with Gasteiger partial charge in [0.1, 0.15) is 5.82 Å². The van der Waals surface area contributed by atoms with Crippen LogP contribution in [0.1, 0.15) is 19.3 Å². The summed E-state index contributed by atoms with van der Waals surface area (Å²) in [6.07, 6.45) is 2.20. The first-order valence-electron chi connectivity index (χ1n) is 8.09. The van der Waals surface area contributed by atoms with Gasteiger partial charge in [0.15, 0.2) is 0 Å².